The van der Waals surface area contributed by atoms with Crippen molar-refractivity contribution < 1.29 is 9.47 Å². The van der Waals surface area contributed by atoms with Crippen LogP contribution in [0.2, 0.25) is 0 Å². The lowest BCUT2D eigenvalue weighted by Gasteiger charge is -2.37. The van der Waals surface area contributed by atoms with E-state index in [0.717, 1.165) is 39.1 Å². The Labute approximate surface area is 125 Å². The van der Waals surface area contributed by atoms with Gasteiger partial charge < -0.3 is 14.4 Å². The molecule has 0 aromatic rings. The fourth-order valence-corrected chi connectivity index (χ4v) is 3.37. The molecule has 0 radical (unpaired) electrons. The molecule has 2 rings (SSSR count). The van der Waals surface area contributed by atoms with Gasteiger partial charge >= 0.3 is 0 Å². The molecule has 1 spiro atoms. The van der Waals surface area contributed by atoms with Crippen LogP contribution in [0.3, 0.4) is 0 Å². The second kappa shape index (κ2) is 9.01. The largest absolute Gasteiger partial charge is 0.347 e. The van der Waals surface area contributed by atoms with Gasteiger partial charge in [0.15, 0.2) is 5.79 Å². The third-order valence-corrected chi connectivity index (χ3v) is 4.76. The summed E-state index contributed by atoms with van der Waals surface area (Å²) in [5.74, 6) is -0.199. The summed E-state index contributed by atoms with van der Waals surface area (Å²) in [4.78, 5) is 2.59. The van der Waals surface area contributed by atoms with Crippen molar-refractivity contribution in [3.05, 3.63) is 0 Å². The summed E-state index contributed by atoms with van der Waals surface area (Å²) in [5.41, 5.74) is 0. The van der Waals surface area contributed by atoms with Crippen molar-refractivity contribution in [3.8, 4) is 0 Å². The van der Waals surface area contributed by atoms with E-state index in [0.29, 0.717) is 0 Å². The predicted octanol–water partition coefficient (Wildman–Crippen LogP) is 3.97. The zero-order valence-corrected chi connectivity index (χ0v) is 13.4. The molecule has 2 aliphatic rings. The van der Waals surface area contributed by atoms with Gasteiger partial charge in [0, 0.05) is 25.9 Å². The van der Waals surface area contributed by atoms with E-state index in [1.54, 1.807) is 0 Å². The first-order valence-electron chi connectivity index (χ1n) is 8.85. The lowest BCUT2D eigenvalue weighted by Crippen LogP contribution is -2.45. The number of hydrogen-bond acceptors (Lipinski definition) is 3. The summed E-state index contributed by atoms with van der Waals surface area (Å²) in [7, 11) is 0. The monoisotopic (exact) mass is 283 g/mol. The highest BCUT2D eigenvalue weighted by atomic mass is 16.7. The molecule has 3 nitrogen and oxygen atoms in total. The number of rotatable bonds is 9. The molecule has 118 valence electrons. The Bertz CT molecular complexity index is 241. The van der Waals surface area contributed by atoms with E-state index in [1.807, 2.05) is 0 Å². The van der Waals surface area contributed by atoms with Gasteiger partial charge in [-0.15, -0.1) is 0 Å². The summed E-state index contributed by atoms with van der Waals surface area (Å²) in [6, 6.07) is 0. The van der Waals surface area contributed by atoms with Crippen LogP contribution in [0.25, 0.3) is 0 Å². The zero-order chi connectivity index (χ0) is 14.1. The van der Waals surface area contributed by atoms with Crippen LogP contribution in [0, 0.1) is 0 Å². The van der Waals surface area contributed by atoms with Crippen LogP contribution < -0.4 is 0 Å². The number of hydrogen-bond donors (Lipinski definition) is 0. The van der Waals surface area contributed by atoms with Crippen LogP contribution in [0.1, 0.15) is 71.1 Å². The Morgan fingerprint density at radius 2 is 1.35 bits per heavy atom. The predicted molar refractivity (Wildman–Crippen MR) is 82.9 cm³/mol. The second-order valence-electron chi connectivity index (χ2n) is 6.42. The van der Waals surface area contributed by atoms with E-state index in [9.17, 15) is 0 Å². The molecule has 2 aliphatic heterocycles. The Morgan fingerprint density at radius 1 is 0.800 bits per heavy atom. The quantitative estimate of drug-likeness (QED) is 0.598. The van der Waals surface area contributed by atoms with Gasteiger partial charge in [0.2, 0.25) is 0 Å². The molecule has 0 N–H and O–H groups in total. The summed E-state index contributed by atoms with van der Waals surface area (Å²) in [5, 5.41) is 0. The summed E-state index contributed by atoms with van der Waals surface area (Å²) >= 11 is 0. The SMILES string of the molecule is CCCCCCCCCCN1CCC2(CC1)OCCO2. The molecule has 0 aromatic carbocycles. The molecule has 20 heavy (non-hydrogen) atoms. The minimum absolute atomic E-state index is 0.199. The first kappa shape index (κ1) is 16.3. The molecule has 0 unspecified atom stereocenters. The number of likely N-dealkylation sites (tertiary alicyclic amines) is 1. The van der Waals surface area contributed by atoms with Crippen LogP contribution in [-0.2, 0) is 9.47 Å². The van der Waals surface area contributed by atoms with Gasteiger partial charge in [-0.1, -0.05) is 51.9 Å². The van der Waals surface area contributed by atoms with Crippen molar-refractivity contribution in [1.82, 2.24) is 4.90 Å². The highest BCUT2D eigenvalue weighted by Gasteiger charge is 2.39. The molecule has 3 heteroatoms. The molecule has 0 aromatic heterocycles. The second-order valence-corrected chi connectivity index (χ2v) is 6.42. The van der Waals surface area contributed by atoms with Gasteiger partial charge in [-0.05, 0) is 13.0 Å². The van der Waals surface area contributed by atoms with E-state index >= 15 is 0 Å². The third kappa shape index (κ3) is 5.34. The maximum atomic E-state index is 5.77. The van der Waals surface area contributed by atoms with Crippen molar-refractivity contribution in [2.45, 2.75) is 76.9 Å². The van der Waals surface area contributed by atoms with E-state index in [2.05, 4.69) is 11.8 Å². The molecule has 2 saturated heterocycles. The maximum Gasteiger partial charge on any atom is 0.170 e. The standard InChI is InChI=1S/C17H33NO2/c1-2-3-4-5-6-7-8-9-12-18-13-10-17(11-14-18)19-15-16-20-17/h2-16H2,1H3. The highest BCUT2D eigenvalue weighted by Crippen LogP contribution is 2.31. The first-order chi connectivity index (χ1) is 9.85. The van der Waals surface area contributed by atoms with Crippen molar-refractivity contribution in [2.75, 3.05) is 32.8 Å². The van der Waals surface area contributed by atoms with Crippen molar-refractivity contribution >= 4 is 0 Å². The molecular formula is C17H33NO2. The van der Waals surface area contributed by atoms with Crippen LogP contribution in [0.4, 0.5) is 0 Å². The highest BCUT2D eigenvalue weighted by molar-refractivity contribution is 4.82. The Balaban J connectivity index is 1.43. The Hall–Kier alpha value is -0.120. The van der Waals surface area contributed by atoms with Gasteiger partial charge in [-0.3, -0.25) is 0 Å². The molecule has 0 amide bonds. The van der Waals surface area contributed by atoms with Gasteiger partial charge in [-0.2, -0.15) is 0 Å². The third-order valence-electron chi connectivity index (χ3n) is 4.76. The van der Waals surface area contributed by atoms with Gasteiger partial charge in [0.05, 0.1) is 13.2 Å². The zero-order valence-electron chi connectivity index (χ0n) is 13.4. The summed E-state index contributed by atoms with van der Waals surface area (Å²) < 4.78 is 11.5. The van der Waals surface area contributed by atoms with Crippen LogP contribution in [0.15, 0.2) is 0 Å². The molecule has 2 fully saturated rings. The van der Waals surface area contributed by atoms with Crippen LogP contribution >= 0.6 is 0 Å². The minimum Gasteiger partial charge on any atom is -0.347 e. The average Bonchev–Trinajstić information content (AvgIpc) is 2.92. The minimum atomic E-state index is -0.199. The Morgan fingerprint density at radius 3 is 1.95 bits per heavy atom. The number of nitrogens with zero attached hydrogens (tertiary/aromatic N) is 1. The van der Waals surface area contributed by atoms with Crippen molar-refractivity contribution in [1.29, 1.82) is 0 Å². The van der Waals surface area contributed by atoms with E-state index in [4.69, 9.17) is 9.47 Å². The maximum absolute atomic E-state index is 5.77. The molecule has 0 bridgehead atoms. The lowest BCUT2D eigenvalue weighted by atomic mass is 10.0. The molecular weight excluding hydrogens is 250 g/mol. The van der Waals surface area contributed by atoms with Crippen molar-refractivity contribution in [3.63, 3.8) is 0 Å². The Kier molecular flexibility index (Phi) is 7.32. The van der Waals surface area contributed by atoms with E-state index < -0.39 is 0 Å². The number of unbranched alkanes of at least 4 members (excludes halogenated alkanes) is 7. The molecule has 0 saturated carbocycles. The molecule has 0 atom stereocenters. The lowest BCUT2D eigenvalue weighted by molar-refractivity contribution is -0.185. The number of ether oxygens (including phenoxy) is 2. The fraction of sp³-hybridized carbons (Fsp3) is 1.00. The normalized spacial score (nSPS) is 22.6. The van der Waals surface area contributed by atoms with Crippen LogP contribution in [0.5, 0.6) is 0 Å². The van der Waals surface area contributed by atoms with E-state index in [-0.39, 0.29) is 5.79 Å². The van der Waals surface area contributed by atoms with E-state index in [1.165, 1.54) is 57.9 Å². The molecule has 2 heterocycles. The van der Waals surface area contributed by atoms with Gasteiger partial charge in [-0.25, -0.2) is 0 Å². The van der Waals surface area contributed by atoms with Gasteiger partial charge in [0.25, 0.3) is 0 Å². The average molecular weight is 283 g/mol. The summed E-state index contributed by atoms with van der Waals surface area (Å²) in [6.45, 7) is 7.43. The summed E-state index contributed by atoms with van der Waals surface area (Å²) in [6.07, 6.45) is 13.4. The smallest absolute Gasteiger partial charge is 0.170 e. The number of piperidine rings is 1. The topological polar surface area (TPSA) is 21.7 Å². The fourth-order valence-electron chi connectivity index (χ4n) is 3.37. The molecule has 0 aliphatic carbocycles. The van der Waals surface area contributed by atoms with Gasteiger partial charge in [0.1, 0.15) is 0 Å². The van der Waals surface area contributed by atoms with Crippen molar-refractivity contribution in [2.24, 2.45) is 0 Å². The first-order valence-corrected chi connectivity index (χ1v) is 8.85. The van der Waals surface area contributed by atoms with Crippen LogP contribution in [-0.4, -0.2) is 43.5 Å².